The summed E-state index contributed by atoms with van der Waals surface area (Å²) >= 11 is 0. The lowest BCUT2D eigenvalue weighted by Crippen LogP contribution is -1.99. The monoisotopic (exact) mass is 450 g/mol. The molecule has 1 aromatic heterocycles. The number of ether oxygens (including phenoxy) is 1. The second-order valence-corrected chi connectivity index (χ2v) is 8.58. The first-order valence-electron chi connectivity index (χ1n) is 12.4. The van der Waals surface area contributed by atoms with Crippen molar-refractivity contribution in [3.05, 3.63) is 101 Å². The normalized spacial score (nSPS) is 12.3. The first-order valence-corrected chi connectivity index (χ1v) is 12.4. The number of fused-ring (bicyclic) bond motifs is 1. The Kier molecular flexibility index (Phi) is 7.98. The Morgan fingerprint density at radius 1 is 0.912 bits per heavy atom. The molecule has 0 unspecified atom stereocenters. The molecule has 4 rings (SSSR count). The van der Waals surface area contributed by atoms with E-state index in [9.17, 15) is 0 Å². The molecule has 3 aromatic carbocycles. The minimum absolute atomic E-state index is 0.763. The maximum atomic E-state index is 6.08. The fraction of sp³-hybridized carbons (Fsp3) is 0.258. The van der Waals surface area contributed by atoms with Crippen LogP contribution in [0.1, 0.15) is 68.7 Å². The highest BCUT2D eigenvalue weighted by atomic mass is 16.5. The van der Waals surface area contributed by atoms with Crippen LogP contribution in [0.25, 0.3) is 28.1 Å². The van der Waals surface area contributed by atoms with Gasteiger partial charge in [-0.15, -0.1) is 0 Å². The minimum atomic E-state index is 0.763. The Morgan fingerprint density at radius 3 is 2.50 bits per heavy atom. The summed E-state index contributed by atoms with van der Waals surface area (Å²) in [5, 5.41) is 8.40. The van der Waals surface area contributed by atoms with Crippen molar-refractivity contribution in [2.24, 2.45) is 0 Å². The van der Waals surface area contributed by atoms with Gasteiger partial charge in [0.15, 0.2) is 0 Å². The summed E-state index contributed by atoms with van der Waals surface area (Å²) < 4.78 is 6.08. The second-order valence-electron chi connectivity index (χ2n) is 8.58. The zero-order valence-corrected chi connectivity index (χ0v) is 20.5. The summed E-state index contributed by atoms with van der Waals surface area (Å²) in [4.78, 5) is 0. The van der Waals surface area contributed by atoms with Crippen LogP contribution in [0.5, 0.6) is 5.75 Å². The van der Waals surface area contributed by atoms with E-state index in [0.29, 0.717) is 0 Å². The third kappa shape index (κ3) is 5.48. The molecule has 0 aliphatic heterocycles. The predicted octanol–water partition coefficient (Wildman–Crippen LogP) is 8.53. The van der Waals surface area contributed by atoms with Gasteiger partial charge < -0.3 is 4.74 Å². The summed E-state index contributed by atoms with van der Waals surface area (Å²) in [6.07, 6.45) is 10.5. The third-order valence-electron chi connectivity index (χ3n) is 6.14. The molecule has 0 radical (unpaired) electrons. The van der Waals surface area contributed by atoms with Crippen molar-refractivity contribution in [1.29, 1.82) is 0 Å². The molecule has 0 saturated heterocycles. The number of nitrogens with zero attached hydrogens (tertiary/aromatic N) is 1. The Balaban J connectivity index is 1.82. The van der Waals surface area contributed by atoms with Crippen molar-refractivity contribution in [2.75, 3.05) is 6.61 Å². The number of hydrogen-bond donors (Lipinski definition) is 1. The number of benzene rings is 3. The van der Waals surface area contributed by atoms with Gasteiger partial charge >= 0.3 is 0 Å². The van der Waals surface area contributed by atoms with Crippen LogP contribution >= 0.6 is 0 Å². The molecule has 0 amide bonds. The molecule has 3 heteroatoms. The molecule has 0 aliphatic rings. The average Bonchev–Trinajstić information content (AvgIpc) is 3.34. The Morgan fingerprint density at radius 2 is 1.74 bits per heavy atom. The molecule has 174 valence electrons. The van der Waals surface area contributed by atoms with Gasteiger partial charge in [0.05, 0.1) is 18.3 Å². The van der Waals surface area contributed by atoms with Crippen molar-refractivity contribution in [2.45, 2.75) is 46.5 Å². The molecule has 0 aliphatic carbocycles. The van der Waals surface area contributed by atoms with Gasteiger partial charge in [-0.3, -0.25) is 5.10 Å². The number of allylic oxidation sites excluding steroid dienone is 2. The van der Waals surface area contributed by atoms with Crippen LogP contribution in [0.2, 0.25) is 0 Å². The number of H-pyrrole nitrogens is 1. The lowest BCUT2D eigenvalue weighted by Gasteiger charge is -2.17. The van der Waals surface area contributed by atoms with Gasteiger partial charge in [0.25, 0.3) is 0 Å². The highest BCUT2D eigenvalue weighted by Crippen LogP contribution is 2.36. The van der Waals surface area contributed by atoms with Crippen LogP contribution in [0.3, 0.4) is 0 Å². The van der Waals surface area contributed by atoms with Crippen LogP contribution in [0.4, 0.5) is 0 Å². The molecule has 0 spiro atoms. The Bertz CT molecular complexity index is 1280. The average molecular weight is 451 g/mol. The van der Waals surface area contributed by atoms with Crippen molar-refractivity contribution >= 4 is 28.1 Å². The Labute approximate surface area is 203 Å². The van der Waals surface area contributed by atoms with Gasteiger partial charge in [-0.1, -0.05) is 81.3 Å². The van der Waals surface area contributed by atoms with Crippen LogP contribution in [-0.2, 0) is 0 Å². The fourth-order valence-corrected chi connectivity index (χ4v) is 4.41. The number of rotatable bonds is 10. The zero-order valence-electron chi connectivity index (χ0n) is 20.5. The van der Waals surface area contributed by atoms with E-state index in [1.54, 1.807) is 0 Å². The molecular weight excluding hydrogens is 416 g/mol. The third-order valence-corrected chi connectivity index (χ3v) is 6.14. The molecule has 1 N–H and O–H groups in total. The van der Waals surface area contributed by atoms with Crippen molar-refractivity contribution in [1.82, 2.24) is 10.2 Å². The maximum Gasteiger partial charge on any atom is 0.119 e. The first-order chi connectivity index (χ1) is 16.7. The number of unbranched alkanes of at least 4 members (excludes halogenated alkanes) is 2. The van der Waals surface area contributed by atoms with E-state index in [2.05, 4.69) is 103 Å². The number of nitrogens with one attached hydrogen (secondary N) is 1. The molecule has 0 saturated carbocycles. The first kappa shape index (κ1) is 23.6. The summed E-state index contributed by atoms with van der Waals surface area (Å²) in [7, 11) is 0. The minimum Gasteiger partial charge on any atom is -0.494 e. The number of aromatic amines is 1. The fourth-order valence-electron chi connectivity index (χ4n) is 4.41. The predicted molar refractivity (Wildman–Crippen MR) is 145 cm³/mol. The van der Waals surface area contributed by atoms with Gasteiger partial charge in [0.2, 0.25) is 0 Å². The van der Waals surface area contributed by atoms with E-state index < -0.39 is 0 Å². The van der Waals surface area contributed by atoms with Gasteiger partial charge in [-0.25, -0.2) is 0 Å². The summed E-state index contributed by atoms with van der Waals surface area (Å²) in [6.45, 7) is 7.26. The van der Waals surface area contributed by atoms with Gasteiger partial charge in [0, 0.05) is 5.39 Å². The molecule has 34 heavy (non-hydrogen) atoms. The van der Waals surface area contributed by atoms with Crippen LogP contribution < -0.4 is 4.74 Å². The maximum absolute atomic E-state index is 6.08. The highest BCUT2D eigenvalue weighted by Gasteiger charge is 2.15. The van der Waals surface area contributed by atoms with E-state index in [4.69, 9.17) is 4.74 Å². The summed E-state index contributed by atoms with van der Waals surface area (Å²) in [5.41, 5.74) is 8.42. The zero-order chi connectivity index (χ0) is 23.8. The number of hydrogen-bond acceptors (Lipinski definition) is 2. The SMILES string of the molecule is C/C=C/c1ccc(/C(=C(/CC)c2cccc(OCCCCC)c2)c2ccc3[nH]ncc3c2)cc1. The summed E-state index contributed by atoms with van der Waals surface area (Å²) in [6, 6.07) is 23.9. The largest absolute Gasteiger partial charge is 0.494 e. The van der Waals surface area contributed by atoms with Gasteiger partial charge in [0.1, 0.15) is 5.75 Å². The van der Waals surface area contributed by atoms with E-state index in [1.807, 2.05) is 13.1 Å². The van der Waals surface area contributed by atoms with E-state index in [1.165, 1.54) is 46.2 Å². The molecule has 4 aromatic rings. The second kappa shape index (κ2) is 11.5. The molecule has 0 atom stereocenters. The smallest absolute Gasteiger partial charge is 0.119 e. The topological polar surface area (TPSA) is 37.9 Å². The van der Waals surface area contributed by atoms with E-state index in [0.717, 1.165) is 36.1 Å². The van der Waals surface area contributed by atoms with Gasteiger partial charge in [-0.2, -0.15) is 5.10 Å². The quantitative estimate of drug-likeness (QED) is 0.194. The highest BCUT2D eigenvalue weighted by molar-refractivity contribution is 6.00. The lowest BCUT2D eigenvalue weighted by molar-refractivity contribution is 0.306. The Hall–Kier alpha value is -3.59. The molecule has 0 fully saturated rings. The van der Waals surface area contributed by atoms with E-state index in [-0.39, 0.29) is 0 Å². The van der Waals surface area contributed by atoms with E-state index >= 15 is 0 Å². The summed E-state index contributed by atoms with van der Waals surface area (Å²) in [5.74, 6) is 0.938. The van der Waals surface area contributed by atoms with Crippen molar-refractivity contribution < 1.29 is 4.74 Å². The molecular formula is C31H34N2O. The van der Waals surface area contributed by atoms with Crippen LogP contribution in [-0.4, -0.2) is 16.8 Å². The standard InChI is InChI=1S/C31H34N2O/c1-4-7-8-19-34-28-12-9-11-25(21-28)29(6-3)31(24-15-13-23(10-5-2)14-16-24)26-17-18-30-27(20-26)22-32-33-30/h5,9-18,20-22H,4,6-8,19H2,1-3H3,(H,32,33)/b10-5+,31-29+. The number of aromatic nitrogens is 2. The van der Waals surface area contributed by atoms with Crippen LogP contribution in [0, 0.1) is 0 Å². The lowest BCUT2D eigenvalue weighted by atomic mass is 9.87. The molecule has 3 nitrogen and oxygen atoms in total. The van der Waals surface area contributed by atoms with Crippen LogP contribution in [0.15, 0.2) is 79.0 Å². The van der Waals surface area contributed by atoms with Crippen molar-refractivity contribution in [3.63, 3.8) is 0 Å². The molecule has 0 bridgehead atoms. The van der Waals surface area contributed by atoms with Gasteiger partial charge in [-0.05, 0) is 77.4 Å². The van der Waals surface area contributed by atoms with Crippen molar-refractivity contribution in [3.8, 4) is 5.75 Å². The molecule has 1 heterocycles.